The Morgan fingerprint density at radius 3 is 2.52 bits per heavy atom. The molecule has 0 aliphatic heterocycles. The maximum absolute atomic E-state index is 13.1. The van der Waals surface area contributed by atoms with Crippen LogP contribution in [0.4, 0.5) is 13.2 Å². The van der Waals surface area contributed by atoms with Crippen LogP contribution in [0, 0.1) is 11.3 Å². The third kappa shape index (κ3) is 4.04. The number of nitrogens with zero attached hydrogens (tertiary/aromatic N) is 1. The first-order chi connectivity index (χ1) is 11.0. The minimum atomic E-state index is -4.57. The fourth-order valence-corrected chi connectivity index (χ4v) is 2.20. The second-order valence-corrected chi connectivity index (χ2v) is 5.07. The molecule has 0 radical (unpaired) electrons. The topological polar surface area (TPSA) is 33.0 Å². The molecule has 2 aromatic rings. The first-order valence-corrected chi connectivity index (χ1v) is 7.31. The number of hydrogen-bond donors (Lipinski definition) is 0. The standard InChI is InChI=1S/C18H16F3NO/c1-2-3-10-23-17-7-5-4-6-15(17)13-8-9-14(12-22)16(11-13)18(19,20)21/h4-9,11H,2-3,10H2,1H3. The molecule has 120 valence electrons. The van der Waals surface area contributed by atoms with Crippen LogP contribution < -0.4 is 4.74 Å². The minimum absolute atomic E-state index is 0.378. The number of para-hydroxylation sites is 1. The third-order valence-electron chi connectivity index (χ3n) is 3.40. The molecule has 0 spiro atoms. The lowest BCUT2D eigenvalue weighted by Crippen LogP contribution is -2.08. The Bertz CT molecular complexity index is 717. The van der Waals surface area contributed by atoms with Crippen molar-refractivity contribution in [2.75, 3.05) is 6.61 Å². The van der Waals surface area contributed by atoms with E-state index in [1.165, 1.54) is 12.1 Å². The van der Waals surface area contributed by atoms with Crippen molar-refractivity contribution in [3.63, 3.8) is 0 Å². The Balaban J connectivity index is 2.45. The fraction of sp³-hybridized carbons (Fsp3) is 0.278. The highest BCUT2D eigenvalue weighted by atomic mass is 19.4. The lowest BCUT2D eigenvalue weighted by Gasteiger charge is -2.14. The molecular formula is C18H16F3NO. The van der Waals surface area contributed by atoms with E-state index < -0.39 is 11.7 Å². The lowest BCUT2D eigenvalue weighted by atomic mass is 9.98. The second-order valence-electron chi connectivity index (χ2n) is 5.07. The SMILES string of the molecule is CCCCOc1ccccc1-c1ccc(C#N)c(C(F)(F)F)c1. The molecule has 0 aliphatic carbocycles. The fourth-order valence-electron chi connectivity index (χ4n) is 2.20. The molecule has 0 saturated carbocycles. The summed E-state index contributed by atoms with van der Waals surface area (Å²) >= 11 is 0. The monoisotopic (exact) mass is 319 g/mol. The van der Waals surface area contributed by atoms with E-state index in [1.807, 2.05) is 6.92 Å². The van der Waals surface area contributed by atoms with Crippen molar-refractivity contribution in [3.8, 4) is 22.9 Å². The predicted octanol–water partition coefficient (Wildman–Crippen LogP) is 5.42. The number of unbranched alkanes of at least 4 members (excludes halogenated alkanes) is 1. The van der Waals surface area contributed by atoms with Crippen LogP contribution in [0.3, 0.4) is 0 Å². The van der Waals surface area contributed by atoms with Crippen molar-refractivity contribution in [2.24, 2.45) is 0 Å². The molecule has 0 N–H and O–H groups in total. The molecule has 0 heterocycles. The molecule has 0 bridgehead atoms. The molecule has 2 aromatic carbocycles. The van der Waals surface area contributed by atoms with Gasteiger partial charge in [0.25, 0.3) is 0 Å². The molecule has 0 saturated heterocycles. The summed E-state index contributed by atoms with van der Waals surface area (Å²) in [6.45, 7) is 2.54. The number of rotatable bonds is 5. The van der Waals surface area contributed by atoms with E-state index in [0.717, 1.165) is 18.9 Å². The average Bonchev–Trinajstić information content (AvgIpc) is 2.54. The number of nitriles is 1. The van der Waals surface area contributed by atoms with E-state index in [1.54, 1.807) is 30.3 Å². The Kier molecular flexibility index (Phi) is 5.28. The Morgan fingerprint density at radius 2 is 1.87 bits per heavy atom. The highest BCUT2D eigenvalue weighted by Crippen LogP contribution is 2.37. The van der Waals surface area contributed by atoms with Crippen molar-refractivity contribution >= 4 is 0 Å². The van der Waals surface area contributed by atoms with Crippen LogP contribution in [0.2, 0.25) is 0 Å². The zero-order valence-corrected chi connectivity index (χ0v) is 12.7. The van der Waals surface area contributed by atoms with Crippen molar-refractivity contribution in [1.82, 2.24) is 0 Å². The molecule has 0 aliphatic rings. The summed E-state index contributed by atoms with van der Waals surface area (Å²) in [6, 6.07) is 12.3. The predicted molar refractivity (Wildman–Crippen MR) is 82.0 cm³/mol. The van der Waals surface area contributed by atoms with Gasteiger partial charge in [-0.15, -0.1) is 0 Å². The van der Waals surface area contributed by atoms with E-state index in [-0.39, 0.29) is 5.56 Å². The van der Waals surface area contributed by atoms with Crippen LogP contribution in [0.1, 0.15) is 30.9 Å². The Morgan fingerprint density at radius 1 is 1.13 bits per heavy atom. The van der Waals surface area contributed by atoms with Crippen LogP contribution >= 0.6 is 0 Å². The summed E-state index contributed by atoms with van der Waals surface area (Å²) in [6.07, 6.45) is -2.73. The first kappa shape index (κ1) is 16.9. The van der Waals surface area contributed by atoms with Gasteiger partial charge in [-0.3, -0.25) is 0 Å². The zero-order valence-electron chi connectivity index (χ0n) is 12.7. The van der Waals surface area contributed by atoms with Gasteiger partial charge in [-0.25, -0.2) is 0 Å². The summed E-state index contributed by atoms with van der Waals surface area (Å²) in [4.78, 5) is 0. The summed E-state index contributed by atoms with van der Waals surface area (Å²) in [5, 5.41) is 8.87. The maximum atomic E-state index is 13.1. The van der Waals surface area contributed by atoms with Crippen LogP contribution in [0.25, 0.3) is 11.1 Å². The number of halogens is 3. The van der Waals surface area contributed by atoms with Gasteiger partial charge < -0.3 is 4.74 Å². The molecule has 2 nitrogen and oxygen atoms in total. The maximum Gasteiger partial charge on any atom is 0.417 e. The highest BCUT2D eigenvalue weighted by molar-refractivity contribution is 5.72. The van der Waals surface area contributed by atoms with Gasteiger partial charge in [-0.05, 0) is 30.2 Å². The quantitative estimate of drug-likeness (QED) is 0.689. The van der Waals surface area contributed by atoms with Crippen molar-refractivity contribution < 1.29 is 17.9 Å². The first-order valence-electron chi connectivity index (χ1n) is 7.31. The smallest absolute Gasteiger partial charge is 0.417 e. The Hall–Kier alpha value is -2.48. The van der Waals surface area contributed by atoms with Gasteiger partial charge in [0.2, 0.25) is 0 Å². The van der Waals surface area contributed by atoms with E-state index >= 15 is 0 Å². The molecule has 0 amide bonds. The van der Waals surface area contributed by atoms with Gasteiger partial charge in [0.15, 0.2) is 0 Å². The van der Waals surface area contributed by atoms with Gasteiger partial charge in [-0.1, -0.05) is 37.6 Å². The van der Waals surface area contributed by atoms with E-state index in [0.29, 0.717) is 23.5 Å². The van der Waals surface area contributed by atoms with Crippen molar-refractivity contribution in [3.05, 3.63) is 53.6 Å². The molecule has 0 aromatic heterocycles. The number of alkyl halides is 3. The van der Waals surface area contributed by atoms with Crippen LogP contribution in [-0.4, -0.2) is 6.61 Å². The van der Waals surface area contributed by atoms with Gasteiger partial charge in [0.1, 0.15) is 5.75 Å². The summed E-state index contributed by atoms with van der Waals surface area (Å²) in [7, 11) is 0. The van der Waals surface area contributed by atoms with Crippen LogP contribution in [-0.2, 0) is 6.18 Å². The molecule has 0 atom stereocenters. The van der Waals surface area contributed by atoms with Crippen molar-refractivity contribution in [1.29, 1.82) is 5.26 Å². The zero-order chi connectivity index (χ0) is 16.9. The average molecular weight is 319 g/mol. The summed E-state index contributed by atoms with van der Waals surface area (Å²) < 4.78 is 45.0. The second kappa shape index (κ2) is 7.19. The number of benzene rings is 2. The largest absolute Gasteiger partial charge is 0.493 e. The number of ether oxygens (including phenoxy) is 1. The third-order valence-corrected chi connectivity index (χ3v) is 3.40. The molecule has 5 heteroatoms. The number of hydrogen-bond acceptors (Lipinski definition) is 2. The van der Waals surface area contributed by atoms with Gasteiger partial charge in [0.05, 0.1) is 23.8 Å². The highest BCUT2D eigenvalue weighted by Gasteiger charge is 2.34. The molecule has 2 rings (SSSR count). The lowest BCUT2D eigenvalue weighted by molar-refractivity contribution is -0.137. The van der Waals surface area contributed by atoms with Gasteiger partial charge in [-0.2, -0.15) is 18.4 Å². The van der Waals surface area contributed by atoms with Crippen LogP contribution in [0.5, 0.6) is 5.75 Å². The van der Waals surface area contributed by atoms with Crippen LogP contribution in [0.15, 0.2) is 42.5 Å². The van der Waals surface area contributed by atoms with E-state index in [2.05, 4.69) is 0 Å². The summed E-state index contributed by atoms with van der Waals surface area (Å²) in [5.74, 6) is 0.541. The summed E-state index contributed by atoms with van der Waals surface area (Å²) in [5.41, 5.74) is -0.353. The van der Waals surface area contributed by atoms with Gasteiger partial charge >= 0.3 is 6.18 Å². The Labute approximate surface area is 133 Å². The minimum Gasteiger partial charge on any atom is -0.493 e. The molecule has 0 fully saturated rings. The molecule has 0 unspecified atom stereocenters. The van der Waals surface area contributed by atoms with Crippen molar-refractivity contribution in [2.45, 2.75) is 25.9 Å². The molecular weight excluding hydrogens is 303 g/mol. The molecule has 23 heavy (non-hydrogen) atoms. The van der Waals surface area contributed by atoms with E-state index in [9.17, 15) is 13.2 Å². The van der Waals surface area contributed by atoms with Gasteiger partial charge in [0, 0.05) is 5.56 Å². The normalized spacial score (nSPS) is 11.1. The van der Waals surface area contributed by atoms with E-state index in [4.69, 9.17) is 10.00 Å².